The van der Waals surface area contributed by atoms with Crippen LogP contribution in [0.1, 0.15) is 22.4 Å². The van der Waals surface area contributed by atoms with Gasteiger partial charge in [-0.2, -0.15) is 5.10 Å². The second-order valence-corrected chi connectivity index (χ2v) is 6.99. The standard InChI is InChI=1S/C15H21N3O3S/c1-9-7-13(21-6)11(3)12(4)15(9)22(19,20)17-14-8-10(2)16-18(14)5/h7-8,17H,1-6H3. The Kier molecular flexibility index (Phi) is 4.19. The van der Waals surface area contributed by atoms with Crippen LogP contribution in [0, 0.1) is 27.7 Å². The number of nitrogens with zero attached hydrogens (tertiary/aromatic N) is 2. The van der Waals surface area contributed by atoms with Gasteiger partial charge < -0.3 is 4.74 Å². The average Bonchev–Trinajstić information content (AvgIpc) is 2.71. The average molecular weight is 323 g/mol. The van der Waals surface area contributed by atoms with Gasteiger partial charge in [-0.3, -0.25) is 9.40 Å². The molecule has 0 fully saturated rings. The molecule has 22 heavy (non-hydrogen) atoms. The Bertz CT molecular complexity index is 823. The van der Waals surface area contributed by atoms with Gasteiger partial charge in [0.1, 0.15) is 11.6 Å². The smallest absolute Gasteiger partial charge is 0.263 e. The molecular weight excluding hydrogens is 302 g/mol. The topological polar surface area (TPSA) is 73.2 Å². The molecule has 0 saturated heterocycles. The highest BCUT2D eigenvalue weighted by Crippen LogP contribution is 2.31. The number of aryl methyl sites for hydroxylation is 3. The largest absolute Gasteiger partial charge is 0.496 e. The Morgan fingerprint density at radius 3 is 2.27 bits per heavy atom. The zero-order valence-corrected chi connectivity index (χ0v) is 14.5. The van der Waals surface area contributed by atoms with E-state index in [1.54, 1.807) is 40.1 Å². The first kappa shape index (κ1) is 16.4. The van der Waals surface area contributed by atoms with E-state index in [0.717, 1.165) is 11.3 Å². The van der Waals surface area contributed by atoms with Crippen LogP contribution in [0.15, 0.2) is 17.0 Å². The Morgan fingerprint density at radius 1 is 1.14 bits per heavy atom. The lowest BCUT2D eigenvalue weighted by molar-refractivity contribution is 0.410. The second kappa shape index (κ2) is 5.64. The molecule has 2 rings (SSSR count). The molecule has 0 spiro atoms. The first-order valence-electron chi connectivity index (χ1n) is 6.85. The van der Waals surface area contributed by atoms with Gasteiger partial charge in [0.2, 0.25) is 0 Å². The third-order valence-corrected chi connectivity index (χ3v) is 5.35. The number of rotatable bonds is 4. The summed E-state index contributed by atoms with van der Waals surface area (Å²) in [7, 11) is -0.424. The van der Waals surface area contributed by atoms with E-state index < -0.39 is 10.0 Å². The molecule has 1 aromatic carbocycles. The lowest BCUT2D eigenvalue weighted by Crippen LogP contribution is -2.18. The summed E-state index contributed by atoms with van der Waals surface area (Å²) in [5.41, 5.74) is 2.89. The molecule has 0 aliphatic carbocycles. The molecule has 0 unspecified atom stereocenters. The predicted molar refractivity (Wildman–Crippen MR) is 86.0 cm³/mol. The lowest BCUT2D eigenvalue weighted by atomic mass is 10.1. The van der Waals surface area contributed by atoms with Crippen molar-refractivity contribution in [3.8, 4) is 5.75 Å². The van der Waals surface area contributed by atoms with Crippen LogP contribution in [0.3, 0.4) is 0 Å². The van der Waals surface area contributed by atoms with Crippen molar-refractivity contribution in [3.05, 3.63) is 34.5 Å². The monoisotopic (exact) mass is 323 g/mol. The maximum absolute atomic E-state index is 12.8. The van der Waals surface area contributed by atoms with E-state index in [9.17, 15) is 8.42 Å². The van der Waals surface area contributed by atoms with E-state index in [1.165, 1.54) is 4.68 Å². The van der Waals surface area contributed by atoms with Crippen molar-refractivity contribution >= 4 is 15.8 Å². The van der Waals surface area contributed by atoms with Crippen molar-refractivity contribution in [2.45, 2.75) is 32.6 Å². The van der Waals surface area contributed by atoms with Gasteiger partial charge in [-0.15, -0.1) is 0 Å². The first-order chi connectivity index (χ1) is 10.2. The van der Waals surface area contributed by atoms with Crippen LogP contribution in [0.25, 0.3) is 0 Å². The van der Waals surface area contributed by atoms with Crippen molar-refractivity contribution in [2.75, 3.05) is 11.8 Å². The molecule has 1 heterocycles. The van der Waals surface area contributed by atoms with E-state index in [4.69, 9.17) is 4.74 Å². The fourth-order valence-electron chi connectivity index (χ4n) is 2.54. The summed E-state index contributed by atoms with van der Waals surface area (Å²) in [6.45, 7) is 7.21. The highest BCUT2D eigenvalue weighted by molar-refractivity contribution is 7.92. The fourth-order valence-corrected chi connectivity index (χ4v) is 4.15. The Morgan fingerprint density at radius 2 is 1.77 bits per heavy atom. The SMILES string of the molecule is COc1cc(C)c(S(=O)(=O)Nc2cc(C)nn2C)c(C)c1C. The number of nitrogens with one attached hydrogen (secondary N) is 1. The quantitative estimate of drug-likeness (QED) is 0.938. The van der Waals surface area contributed by atoms with Gasteiger partial charge in [-0.25, -0.2) is 8.42 Å². The van der Waals surface area contributed by atoms with Crippen molar-refractivity contribution in [1.29, 1.82) is 0 Å². The van der Waals surface area contributed by atoms with Crippen LogP contribution in [0.2, 0.25) is 0 Å². The van der Waals surface area contributed by atoms with Gasteiger partial charge in [-0.1, -0.05) is 0 Å². The van der Waals surface area contributed by atoms with Gasteiger partial charge in [-0.05, 0) is 50.5 Å². The second-order valence-electron chi connectivity index (χ2n) is 5.37. The highest BCUT2D eigenvalue weighted by Gasteiger charge is 2.23. The summed E-state index contributed by atoms with van der Waals surface area (Å²) >= 11 is 0. The number of hydrogen-bond donors (Lipinski definition) is 1. The van der Waals surface area contributed by atoms with Crippen LogP contribution in [0.4, 0.5) is 5.82 Å². The van der Waals surface area contributed by atoms with Crippen molar-refractivity contribution in [2.24, 2.45) is 7.05 Å². The van der Waals surface area contributed by atoms with E-state index in [2.05, 4.69) is 9.82 Å². The van der Waals surface area contributed by atoms with Crippen LogP contribution in [-0.2, 0) is 17.1 Å². The summed E-state index contributed by atoms with van der Waals surface area (Å²) in [5.74, 6) is 1.12. The first-order valence-corrected chi connectivity index (χ1v) is 8.34. The summed E-state index contributed by atoms with van der Waals surface area (Å²) in [6, 6.07) is 3.43. The molecule has 0 atom stereocenters. The molecule has 0 aliphatic rings. The summed E-state index contributed by atoms with van der Waals surface area (Å²) in [4.78, 5) is 0.282. The maximum Gasteiger partial charge on any atom is 0.263 e. The Balaban J connectivity index is 2.55. The predicted octanol–water partition coefficient (Wildman–Crippen LogP) is 2.46. The van der Waals surface area contributed by atoms with Gasteiger partial charge in [0.25, 0.3) is 10.0 Å². The number of aromatic nitrogens is 2. The fraction of sp³-hybridized carbons (Fsp3) is 0.400. The molecule has 1 N–H and O–H groups in total. The number of hydrogen-bond acceptors (Lipinski definition) is 4. The molecular formula is C15H21N3O3S. The summed E-state index contributed by atoms with van der Waals surface area (Å²) in [5, 5.41) is 4.15. The number of methoxy groups -OCH3 is 1. The zero-order chi connectivity index (χ0) is 16.7. The molecule has 1 aromatic heterocycles. The van der Waals surface area contributed by atoms with E-state index in [0.29, 0.717) is 22.7 Å². The number of ether oxygens (including phenoxy) is 1. The minimum absolute atomic E-state index is 0.282. The van der Waals surface area contributed by atoms with Gasteiger partial charge in [0, 0.05) is 13.1 Å². The van der Waals surface area contributed by atoms with Gasteiger partial charge in [0.15, 0.2) is 0 Å². The number of anilines is 1. The van der Waals surface area contributed by atoms with E-state index in [-0.39, 0.29) is 4.90 Å². The Labute approximate surface area is 131 Å². The highest BCUT2D eigenvalue weighted by atomic mass is 32.2. The minimum Gasteiger partial charge on any atom is -0.496 e. The molecule has 120 valence electrons. The summed E-state index contributed by atoms with van der Waals surface area (Å²) in [6.07, 6.45) is 0. The molecule has 6 nitrogen and oxygen atoms in total. The van der Waals surface area contributed by atoms with Crippen molar-refractivity contribution < 1.29 is 13.2 Å². The van der Waals surface area contributed by atoms with E-state index in [1.807, 2.05) is 13.8 Å². The molecule has 0 radical (unpaired) electrons. The van der Waals surface area contributed by atoms with Gasteiger partial charge in [0.05, 0.1) is 17.7 Å². The molecule has 0 bridgehead atoms. The normalized spacial score (nSPS) is 11.5. The lowest BCUT2D eigenvalue weighted by Gasteiger charge is -2.17. The summed E-state index contributed by atoms with van der Waals surface area (Å²) < 4.78 is 34.9. The third-order valence-electron chi connectivity index (χ3n) is 3.71. The van der Waals surface area contributed by atoms with Crippen LogP contribution in [0.5, 0.6) is 5.75 Å². The van der Waals surface area contributed by atoms with Crippen LogP contribution >= 0.6 is 0 Å². The van der Waals surface area contributed by atoms with E-state index >= 15 is 0 Å². The molecule has 2 aromatic rings. The van der Waals surface area contributed by atoms with Gasteiger partial charge >= 0.3 is 0 Å². The zero-order valence-electron chi connectivity index (χ0n) is 13.7. The maximum atomic E-state index is 12.8. The molecule has 0 saturated carbocycles. The van der Waals surface area contributed by atoms with Crippen LogP contribution in [-0.4, -0.2) is 25.3 Å². The van der Waals surface area contributed by atoms with Crippen LogP contribution < -0.4 is 9.46 Å². The van der Waals surface area contributed by atoms with Crippen molar-refractivity contribution in [3.63, 3.8) is 0 Å². The number of sulfonamides is 1. The molecule has 7 heteroatoms. The third kappa shape index (κ3) is 2.81. The van der Waals surface area contributed by atoms with Crippen molar-refractivity contribution in [1.82, 2.24) is 9.78 Å². The molecule has 0 aliphatic heterocycles. The Hall–Kier alpha value is -2.02. The number of benzene rings is 1. The molecule has 0 amide bonds. The minimum atomic E-state index is -3.70.